The van der Waals surface area contributed by atoms with Crippen LogP contribution in [0.15, 0.2) is 59.1 Å². The van der Waals surface area contributed by atoms with E-state index < -0.39 is 0 Å². The van der Waals surface area contributed by atoms with Crippen LogP contribution in [0.25, 0.3) is 0 Å². The highest BCUT2D eigenvalue weighted by Crippen LogP contribution is 2.38. The third-order valence-electron chi connectivity index (χ3n) is 4.83. The van der Waals surface area contributed by atoms with Crippen molar-refractivity contribution >= 4 is 27.5 Å². The van der Waals surface area contributed by atoms with Gasteiger partial charge in [-0.2, -0.15) is 0 Å². The van der Waals surface area contributed by atoms with Crippen LogP contribution in [-0.4, -0.2) is 20.3 Å². The van der Waals surface area contributed by atoms with Crippen LogP contribution < -0.4 is 19.5 Å². The highest BCUT2D eigenvalue weighted by molar-refractivity contribution is 9.10. The number of hydrogen-bond acceptors (Lipinski definition) is 4. The van der Waals surface area contributed by atoms with Gasteiger partial charge < -0.3 is 19.5 Å². The largest absolute Gasteiger partial charge is 0.497 e. The summed E-state index contributed by atoms with van der Waals surface area (Å²) in [6.45, 7) is 4.17. The Morgan fingerprint density at radius 1 is 1.00 bits per heavy atom. The fourth-order valence-corrected chi connectivity index (χ4v) is 4.00. The third-order valence-corrected chi connectivity index (χ3v) is 5.78. The van der Waals surface area contributed by atoms with Crippen LogP contribution in [0.1, 0.15) is 23.6 Å². The second-order valence-corrected chi connectivity index (χ2v) is 8.40. The van der Waals surface area contributed by atoms with Gasteiger partial charge in [-0.05, 0) is 83.3 Å². The van der Waals surface area contributed by atoms with Crippen molar-refractivity contribution in [2.24, 2.45) is 0 Å². The quantitative estimate of drug-likeness (QED) is 0.290. The minimum atomic E-state index is -0.376. The lowest BCUT2D eigenvalue weighted by Crippen LogP contribution is -2.17. The van der Waals surface area contributed by atoms with Gasteiger partial charge in [0.15, 0.2) is 11.5 Å². The summed E-state index contributed by atoms with van der Waals surface area (Å²) >= 11 is 9.71. The standard InChI is InChI=1S/C25H26BrClFNO3/c1-3-31-24-13-18(15-29-11-10-17-4-8-21(30-2)9-5-17)12-22(26)25(24)32-16-19-6-7-20(28)14-23(19)27/h4-9,12-14,29H,3,10-11,15-16H2,1-2H3. The van der Waals surface area contributed by atoms with Gasteiger partial charge in [-0.3, -0.25) is 0 Å². The van der Waals surface area contributed by atoms with Crippen LogP contribution >= 0.6 is 27.5 Å². The molecule has 3 aromatic rings. The Labute approximate surface area is 201 Å². The lowest BCUT2D eigenvalue weighted by molar-refractivity contribution is 0.267. The van der Waals surface area contributed by atoms with Crippen molar-refractivity contribution in [2.75, 3.05) is 20.3 Å². The zero-order valence-corrected chi connectivity index (χ0v) is 20.4. The van der Waals surface area contributed by atoms with E-state index in [1.54, 1.807) is 13.2 Å². The summed E-state index contributed by atoms with van der Waals surface area (Å²) in [5.74, 6) is 1.72. The number of rotatable bonds is 11. The monoisotopic (exact) mass is 521 g/mol. The molecule has 7 heteroatoms. The average Bonchev–Trinajstić information content (AvgIpc) is 2.78. The first-order valence-electron chi connectivity index (χ1n) is 10.4. The molecule has 0 spiro atoms. The number of methoxy groups -OCH3 is 1. The molecule has 32 heavy (non-hydrogen) atoms. The van der Waals surface area contributed by atoms with E-state index in [4.69, 9.17) is 25.8 Å². The molecule has 3 rings (SSSR count). The smallest absolute Gasteiger partial charge is 0.175 e. The van der Waals surface area contributed by atoms with Gasteiger partial charge in [-0.15, -0.1) is 0 Å². The minimum Gasteiger partial charge on any atom is -0.497 e. The predicted octanol–water partition coefficient (Wildman–Crippen LogP) is 6.56. The van der Waals surface area contributed by atoms with Crippen LogP contribution in [0.3, 0.4) is 0 Å². The molecule has 0 saturated carbocycles. The number of benzene rings is 3. The number of nitrogens with one attached hydrogen (secondary N) is 1. The number of hydrogen-bond donors (Lipinski definition) is 1. The molecule has 0 heterocycles. The molecule has 0 aliphatic carbocycles. The second-order valence-electron chi connectivity index (χ2n) is 7.14. The summed E-state index contributed by atoms with van der Waals surface area (Å²) in [6.07, 6.45) is 0.920. The third kappa shape index (κ3) is 6.86. The summed E-state index contributed by atoms with van der Waals surface area (Å²) in [5, 5.41) is 3.79. The zero-order chi connectivity index (χ0) is 22.9. The minimum absolute atomic E-state index is 0.206. The molecule has 0 aromatic heterocycles. The molecule has 0 atom stereocenters. The van der Waals surface area contributed by atoms with Crippen molar-refractivity contribution in [3.05, 3.63) is 86.6 Å². The Hall–Kier alpha value is -2.28. The molecule has 0 aliphatic heterocycles. The van der Waals surface area contributed by atoms with Gasteiger partial charge in [-0.1, -0.05) is 29.8 Å². The Kier molecular flexibility index (Phi) is 9.21. The molecule has 0 aliphatic rings. The summed E-state index contributed by atoms with van der Waals surface area (Å²) in [7, 11) is 1.67. The molecular weight excluding hydrogens is 497 g/mol. The van der Waals surface area contributed by atoms with Crippen molar-refractivity contribution in [1.29, 1.82) is 0 Å². The van der Waals surface area contributed by atoms with E-state index in [1.807, 2.05) is 31.2 Å². The topological polar surface area (TPSA) is 39.7 Å². The fourth-order valence-electron chi connectivity index (χ4n) is 3.17. The summed E-state index contributed by atoms with van der Waals surface area (Å²) < 4.78 is 31.0. The van der Waals surface area contributed by atoms with E-state index in [0.29, 0.717) is 35.2 Å². The maximum Gasteiger partial charge on any atom is 0.175 e. The summed E-state index contributed by atoms with van der Waals surface area (Å²) in [4.78, 5) is 0. The van der Waals surface area contributed by atoms with Crippen LogP contribution in [0.4, 0.5) is 4.39 Å². The highest BCUT2D eigenvalue weighted by atomic mass is 79.9. The molecule has 0 radical (unpaired) electrons. The lowest BCUT2D eigenvalue weighted by atomic mass is 10.1. The van der Waals surface area contributed by atoms with Crippen LogP contribution in [0, 0.1) is 5.82 Å². The van der Waals surface area contributed by atoms with Gasteiger partial charge in [0.25, 0.3) is 0 Å². The molecule has 4 nitrogen and oxygen atoms in total. The maximum atomic E-state index is 13.3. The van der Waals surface area contributed by atoms with Crippen molar-refractivity contribution in [3.63, 3.8) is 0 Å². The molecule has 0 amide bonds. The normalized spacial score (nSPS) is 10.8. The SMILES string of the molecule is CCOc1cc(CNCCc2ccc(OC)cc2)cc(Br)c1OCc1ccc(F)cc1Cl. The number of halogens is 3. The van der Waals surface area contributed by atoms with Gasteiger partial charge in [-0.25, -0.2) is 4.39 Å². The zero-order valence-electron chi connectivity index (χ0n) is 18.1. The van der Waals surface area contributed by atoms with E-state index in [-0.39, 0.29) is 12.4 Å². The predicted molar refractivity (Wildman–Crippen MR) is 129 cm³/mol. The van der Waals surface area contributed by atoms with Crippen LogP contribution in [0.2, 0.25) is 5.02 Å². The molecule has 170 valence electrons. The average molecular weight is 523 g/mol. The Bertz CT molecular complexity index is 1030. The van der Waals surface area contributed by atoms with E-state index in [2.05, 4.69) is 33.4 Å². The van der Waals surface area contributed by atoms with Gasteiger partial charge in [0.2, 0.25) is 0 Å². The van der Waals surface area contributed by atoms with Crippen LogP contribution in [0.5, 0.6) is 17.2 Å². The maximum absolute atomic E-state index is 13.3. The Balaban J connectivity index is 1.61. The van der Waals surface area contributed by atoms with Crippen molar-refractivity contribution < 1.29 is 18.6 Å². The highest BCUT2D eigenvalue weighted by Gasteiger charge is 2.14. The Morgan fingerprint density at radius 3 is 2.47 bits per heavy atom. The van der Waals surface area contributed by atoms with Crippen molar-refractivity contribution in [3.8, 4) is 17.2 Å². The summed E-state index contributed by atoms with van der Waals surface area (Å²) in [5.41, 5.74) is 3.02. The van der Waals surface area contributed by atoms with Gasteiger partial charge in [0.1, 0.15) is 18.2 Å². The molecule has 0 saturated heterocycles. The number of ether oxygens (including phenoxy) is 3. The van der Waals surface area contributed by atoms with E-state index in [9.17, 15) is 4.39 Å². The molecular formula is C25H26BrClFNO3. The lowest BCUT2D eigenvalue weighted by Gasteiger charge is -2.16. The Morgan fingerprint density at radius 2 is 1.78 bits per heavy atom. The molecule has 3 aromatic carbocycles. The fraction of sp³-hybridized carbons (Fsp3) is 0.280. The molecule has 1 N–H and O–H groups in total. The van der Waals surface area contributed by atoms with Crippen LogP contribution in [-0.2, 0) is 19.6 Å². The van der Waals surface area contributed by atoms with Crippen molar-refractivity contribution in [1.82, 2.24) is 5.32 Å². The van der Waals surface area contributed by atoms with E-state index in [0.717, 1.165) is 28.8 Å². The molecule has 0 bridgehead atoms. The van der Waals surface area contributed by atoms with Gasteiger partial charge in [0, 0.05) is 12.1 Å². The van der Waals surface area contributed by atoms with Gasteiger partial charge >= 0.3 is 0 Å². The van der Waals surface area contributed by atoms with E-state index >= 15 is 0 Å². The molecule has 0 unspecified atom stereocenters. The first-order chi connectivity index (χ1) is 15.5. The van der Waals surface area contributed by atoms with E-state index in [1.165, 1.54) is 17.7 Å². The molecule has 0 fully saturated rings. The first kappa shape index (κ1) is 24.4. The second kappa shape index (κ2) is 12.1. The van der Waals surface area contributed by atoms with Crippen molar-refractivity contribution in [2.45, 2.75) is 26.5 Å². The summed E-state index contributed by atoms with van der Waals surface area (Å²) in [6, 6.07) is 16.3. The van der Waals surface area contributed by atoms with Gasteiger partial charge in [0.05, 0.1) is 23.2 Å². The first-order valence-corrected chi connectivity index (χ1v) is 11.5.